The van der Waals surface area contributed by atoms with Gasteiger partial charge in [-0.05, 0) is 45.2 Å². The maximum Gasteiger partial charge on any atom is 0.254 e. The van der Waals surface area contributed by atoms with Gasteiger partial charge >= 0.3 is 0 Å². The molecule has 156 valence electrons. The number of nitrogens with zero attached hydrogens (tertiary/aromatic N) is 4. The molecule has 1 aromatic carbocycles. The van der Waals surface area contributed by atoms with Crippen molar-refractivity contribution in [2.45, 2.75) is 39.7 Å². The summed E-state index contributed by atoms with van der Waals surface area (Å²) < 4.78 is 1.85. The summed E-state index contributed by atoms with van der Waals surface area (Å²) >= 11 is 0. The number of amides is 2. The fraction of sp³-hybridized carbons (Fsp3) is 0.391. The lowest BCUT2D eigenvalue weighted by Gasteiger charge is -2.30. The van der Waals surface area contributed by atoms with Crippen molar-refractivity contribution in [1.29, 1.82) is 0 Å². The van der Waals surface area contributed by atoms with Gasteiger partial charge in [0.05, 0.1) is 22.8 Å². The smallest absolute Gasteiger partial charge is 0.254 e. The minimum absolute atomic E-state index is 0.0524. The maximum absolute atomic E-state index is 13.5. The summed E-state index contributed by atoms with van der Waals surface area (Å²) in [5.74, 6) is -0.491. The Labute approximate surface area is 175 Å². The fourth-order valence-corrected chi connectivity index (χ4v) is 4.11. The molecule has 0 aliphatic carbocycles. The van der Waals surface area contributed by atoms with Crippen molar-refractivity contribution in [1.82, 2.24) is 19.7 Å². The van der Waals surface area contributed by atoms with E-state index in [-0.39, 0.29) is 23.8 Å². The monoisotopic (exact) mass is 405 g/mol. The van der Waals surface area contributed by atoms with Gasteiger partial charge in [0.1, 0.15) is 0 Å². The molecule has 7 nitrogen and oxygen atoms in total. The number of fused-ring (bicyclic) bond motifs is 1. The molecule has 3 aromatic rings. The molecular weight excluding hydrogens is 378 g/mol. The Hall–Kier alpha value is -3.22. The molecule has 7 heteroatoms. The SMILES string of the molecule is Cc1ccccc1-c1cc(C(=O)N2CCC(C(N)=O)CC2)c2cnn(C(C)C)c2n1. The molecule has 1 saturated heterocycles. The summed E-state index contributed by atoms with van der Waals surface area (Å²) in [6.45, 7) is 7.18. The predicted molar refractivity (Wildman–Crippen MR) is 116 cm³/mol. The topological polar surface area (TPSA) is 94.1 Å². The molecule has 0 unspecified atom stereocenters. The number of nitrogens with two attached hydrogens (primary N) is 1. The molecule has 0 saturated carbocycles. The summed E-state index contributed by atoms with van der Waals surface area (Å²) in [6.07, 6.45) is 2.93. The van der Waals surface area contributed by atoms with Gasteiger partial charge in [-0.15, -0.1) is 0 Å². The number of likely N-dealkylation sites (tertiary alicyclic amines) is 1. The third-order valence-electron chi connectivity index (χ3n) is 5.89. The molecule has 0 spiro atoms. The Morgan fingerprint density at radius 1 is 1.17 bits per heavy atom. The first-order chi connectivity index (χ1) is 14.4. The van der Waals surface area contributed by atoms with E-state index in [4.69, 9.17) is 10.7 Å². The number of carbonyl (C=O) groups is 2. The van der Waals surface area contributed by atoms with Gasteiger partial charge in [-0.3, -0.25) is 9.59 Å². The van der Waals surface area contributed by atoms with E-state index in [2.05, 4.69) is 5.10 Å². The normalized spacial score (nSPS) is 15.1. The Kier molecular flexibility index (Phi) is 5.28. The molecule has 3 heterocycles. The highest BCUT2D eigenvalue weighted by atomic mass is 16.2. The van der Waals surface area contributed by atoms with Gasteiger partial charge in [-0.2, -0.15) is 5.10 Å². The Morgan fingerprint density at radius 3 is 2.50 bits per heavy atom. The highest BCUT2D eigenvalue weighted by molar-refractivity contribution is 6.06. The van der Waals surface area contributed by atoms with E-state index < -0.39 is 0 Å². The van der Waals surface area contributed by atoms with Crippen molar-refractivity contribution >= 4 is 22.8 Å². The number of aryl methyl sites for hydroxylation is 1. The summed E-state index contributed by atoms with van der Waals surface area (Å²) in [5, 5.41) is 5.25. The average Bonchev–Trinajstić information content (AvgIpc) is 3.17. The minimum Gasteiger partial charge on any atom is -0.369 e. The van der Waals surface area contributed by atoms with E-state index in [1.54, 1.807) is 6.20 Å². The van der Waals surface area contributed by atoms with Crippen LogP contribution in [0.25, 0.3) is 22.3 Å². The van der Waals surface area contributed by atoms with Crippen LogP contribution in [0.3, 0.4) is 0 Å². The number of benzene rings is 1. The van der Waals surface area contributed by atoms with Gasteiger partial charge < -0.3 is 10.6 Å². The van der Waals surface area contributed by atoms with Crippen LogP contribution in [0, 0.1) is 12.8 Å². The molecule has 2 N–H and O–H groups in total. The van der Waals surface area contributed by atoms with Crippen LogP contribution in [-0.2, 0) is 4.79 Å². The van der Waals surface area contributed by atoms with Crippen LogP contribution in [0.5, 0.6) is 0 Å². The second-order valence-corrected chi connectivity index (χ2v) is 8.26. The number of carbonyl (C=O) groups excluding carboxylic acids is 2. The minimum atomic E-state index is -0.284. The summed E-state index contributed by atoms with van der Waals surface area (Å²) in [7, 11) is 0. The zero-order valence-corrected chi connectivity index (χ0v) is 17.6. The quantitative estimate of drug-likeness (QED) is 0.720. The first kappa shape index (κ1) is 20.1. The van der Waals surface area contributed by atoms with Crippen molar-refractivity contribution in [2.75, 3.05) is 13.1 Å². The maximum atomic E-state index is 13.5. The second-order valence-electron chi connectivity index (χ2n) is 8.26. The van der Waals surface area contributed by atoms with Crippen LogP contribution in [-0.4, -0.2) is 44.6 Å². The first-order valence-electron chi connectivity index (χ1n) is 10.4. The third kappa shape index (κ3) is 3.56. The van der Waals surface area contributed by atoms with Gasteiger partial charge in [0, 0.05) is 30.6 Å². The number of hydrogen-bond donors (Lipinski definition) is 1. The standard InChI is InChI=1S/C23H27N5O2/c1-14(2)28-22-19(13-25-28)18(12-20(26-22)17-7-5-4-6-15(17)3)23(30)27-10-8-16(9-11-27)21(24)29/h4-7,12-14,16H,8-11H2,1-3H3,(H2,24,29). The van der Waals surface area contributed by atoms with Crippen molar-refractivity contribution in [3.8, 4) is 11.3 Å². The number of hydrogen-bond acceptors (Lipinski definition) is 4. The summed E-state index contributed by atoms with van der Waals surface area (Å²) in [4.78, 5) is 31.6. The lowest BCUT2D eigenvalue weighted by molar-refractivity contribution is -0.123. The molecule has 1 aliphatic heterocycles. The molecule has 2 aromatic heterocycles. The van der Waals surface area contributed by atoms with Crippen molar-refractivity contribution in [2.24, 2.45) is 11.7 Å². The van der Waals surface area contributed by atoms with E-state index >= 15 is 0 Å². The van der Waals surface area contributed by atoms with Gasteiger partial charge in [-0.25, -0.2) is 9.67 Å². The van der Waals surface area contributed by atoms with E-state index in [0.29, 0.717) is 37.1 Å². The molecule has 1 aliphatic rings. The molecular formula is C23H27N5O2. The van der Waals surface area contributed by atoms with Gasteiger partial charge in [-0.1, -0.05) is 24.3 Å². The summed E-state index contributed by atoms with van der Waals surface area (Å²) in [5.41, 5.74) is 9.61. The number of primary amides is 1. The Bertz CT molecular complexity index is 1110. The van der Waals surface area contributed by atoms with Gasteiger partial charge in [0.25, 0.3) is 5.91 Å². The zero-order valence-electron chi connectivity index (χ0n) is 17.6. The highest BCUT2D eigenvalue weighted by Crippen LogP contribution is 2.29. The number of rotatable bonds is 4. The van der Waals surface area contributed by atoms with Crippen LogP contribution < -0.4 is 5.73 Å². The van der Waals surface area contributed by atoms with Crippen LogP contribution in [0.1, 0.15) is 48.7 Å². The number of piperidine rings is 1. The molecule has 2 amide bonds. The molecule has 4 rings (SSSR count). The lowest BCUT2D eigenvalue weighted by atomic mass is 9.95. The zero-order chi connectivity index (χ0) is 21.4. The highest BCUT2D eigenvalue weighted by Gasteiger charge is 2.28. The van der Waals surface area contributed by atoms with Crippen LogP contribution in [0.2, 0.25) is 0 Å². The number of pyridine rings is 1. The van der Waals surface area contributed by atoms with Crippen LogP contribution in [0.15, 0.2) is 36.5 Å². The van der Waals surface area contributed by atoms with Crippen molar-refractivity contribution in [3.05, 3.63) is 47.7 Å². The summed E-state index contributed by atoms with van der Waals surface area (Å²) in [6, 6.07) is 10.0. The fourth-order valence-electron chi connectivity index (χ4n) is 4.11. The van der Waals surface area contributed by atoms with E-state index in [0.717, 1.165) is 22.2 Å². The van der Waals surface area contributed by atoms with Gasteiger partial charge in [0.2, 0.25) is 5.91 Å². The Morgan fingerprint density at radius 2 is 1.87 bits per heavy atom. The number of aromatic nitrogens is 3. The molecule has 1 fully saturated rings. The van der Waals surface area contributed by atoms with Crippen LogP contribution >= 0.6 is 0 Å². The van der Waals surface area contributed by atoms with Crippen molar-refractivity contribution in [3.63, 3.8) is 0 Å². The first-order valence-corrected chi connectivity index (χ1v) is 10.4. The third-order valence-corrected chi connectivity index (χ3v) is 5.89. The predicted octanol–water partition coefficient (Wildman–Crippen LogP) is 3.33. The van der Waals surface area contributed by atoms with Crippen LogP contribution in [0.4, 0.5) is 0 Å². The van der Waals surface area contributed by atoms with Crippen molar-refractivity contribution < 1.29 is 9.59 Å². The molecule has 30 heavy (non-hydrogen) atoms. The van der Waals surface area contributed by atoms with E-state index in [9.17, 15) is 9.59 Å². The second kappa shape index (κ2) is 7.89. The van der Waals surface area contributed by atoms with Gasteiger partial charge in [0.15, 0.2) is 5.65 Å². The Balaban J connectivity index is 1.80. The largest absolute Gasteiger partial charge is 0.369 e. The average molecular weight is 406 g/mol. The van der Waals surface area contributed by atoms with E-state index in [1.807, 2.05) is 60.7 Å². The molecule has 0 radical (unpaired) electrons. The molecule has 0 bridgehead atoms. The van der Waals surface area contributed by atoms with E-state index in [1.165, 1.54) is 0 Å². The molecule has 0 atom stereocenters. The lowest BCUT2D eigenvalue weighted by Crippen LogP contribution is -2.41.